The van der Waals surface area contributed by atoms with Crippen LogP contribution in [0.5, 0.6) is 5.75 Å². The lowest BCUT2D eigenvalue weighted by Gasteiger charge is -2.04. The predicted octanol–water partition coefficient (Wildman–Crippen LogP) is 3.56. The summed E-state index contributed by atoms with van der Waals surface area (Å²) in [5.74, 6) is 0.661. The summed E-state index contributed by atoms with van der Waals surface area (Å²) >= 11 is 6.60. The van der Waals surface area contributed by atoms with Crippen LogP contribution < -0.4 is 4.74 Å². The molecule has 0 aliphatic carbocycles. The summed E-state index contributed by atoms with van der Waals surface area (Å²) in [6.45, 7) is -0.368. The first kappa shape index (κ1) is 9.99. The van der Waals surface area contributed by atoms with Crippen molar-refractivity contribution >= 4 is 31.9 Å². The van der Waals surface area contributed by atoms with E-state index in [1.165, 1.54) is 0 Å². The minimum Gasteiger partial charge on any atom is -0.491 e. The van der Waals surface area contributed by atoms with Gasteiger partial charge in [-0.2, -0.15) is 0 Å². The van der Waals surface area contributed by atoms with Gasteiger partial charge in [-0.3, -0.25) is 0 Å². The average molecular weight is 298 g/mol. The Morgan fingerprint density at radius 2 is 1.75 bits per heavy atom. The number of halogens is 3. The molecular weight excluding hydrogens is 291 g/mol. The maximum atomic E-state index is 11.7. The lowest BCUT2D eigenvalue weighted by atomic mass is 10.3. The Labute approximate surface area is 87.2 Å². The molecule has 0 aliphatic rings. The highest BCUT2D eigenvalue weighted by Crippen LogP contribution is 2.24. The number of alkyl halides is 1. The van der Waals surface area contributed by atoms with Crippen LogP contribution in [0.4, 0.5) is 4.39 Å². The number of ether oxygens (including phenoxy) is 1. The third kappa shape index (κ3) is 3.11. The molecule has 0 bridgehead atoms. The molecule has 12 heavy (non-hydrogen) atoms. The predicted molar refractivity (Wildman–Crippen MR) is 53.3 cm³/mol. The second-order valence-corrected chi connectivity index (χ2v) is 3.97. The summed E-state index contributed by atoms with van der Waals surface area (Å²) in [5, 5.41) is 0. The Hall–Kier alpha value is -0.0900. The SMILES string of the molecule is FCCOc1cc(Br)cc(Br)c1. The minimum absolute atomic E-state index is 0.100. The summed E-state index contributed by atoms with van der Waals surface area (Å²) in [7, 11) is 0. The van der Waals surface area contributed by atoms with E-state index in [-0.39, 0.29) is 6.61 Å². The van der Waals surface area contributed by atoms with E-state index < -0.39 is 6.67 Å². The Bertz CT molecular complexity index is 245. The zero-order valence-corrected chi connectivity index (χ0v) is 9.36. The lowest BCUT2D eigenvalue weighted by Crippen LogP contribution is -1.98. The molecule has 1 aromatic carbocycles. The second-order valence-electron chi connectivity index (χ2n) is 2.14. The van der Waals surface area contributed by atoms with Gasteiger partial charge in [0.15, 0.2) is 0 Å². The van der Waals surface area contributed by atoms with Gasteiger partial charge < -0.3 is 4.74 Å². The second kappa shape index (κ2) is 4.82. The molecule has 0 fully saturated rings. The fraction of sp³-hybridized carbons (Fsp3) is 0.250. The summed E-state index contributed by atoms with van der Waals surface area (Å²) in [5.41, 5.74) is 0. The van der Waals surface area contributed by atoms with E-state index in [9.17, 15) is 4.39 Å². The Balaban J connectivity index is 2.72. The van der Waals surface area contributed by atoms with Gasteiger partial charge in [-0.15, -0.1) is 0 Å². The largest absolute Gasteiger partial charge is 0.491 e. The molecule has 1 rings (SSSR count). The van der Waals surface area contributed by atoms with Gasteiger partial charge in [0.05, 0.1) is 0 Å². The van der Waals surface area contributed by atoms with E-state index in [0.717, 1.165) is 8.95 Å². The maximum absolute atomic E-state index is 11.7. The highest BCUT2D eigenvalue weighted by molar-refractivity contribution is 9.11. The van der Waals surface area contributed by atoms with Crippen molar-refractivity contribution in [1.29, 1.82) is 0 Å². The first-order chi connectivity index (χ1) is 5.72. The molecule has 1 aromatic rings. The molecule has 1 nitrogen and oxygen atoms in total. The van der Waals surface area contributed by atoms with Gasteiger partial charge in [0.2, 0.25) is 0 Å². The molecule has 0 atom stereocenters. The van der Waals surface area contributed by atoms with Crippen molar-refractivity contribution in [2.75, 3.05) is 13.3 Å². The number of rotatable bonds is 3. The number of benzene rings is 1. The number of hydrogen-bond donors (Lipinski definition) is 0. The normalized spacial score (nSPS) is 9.92. The molecule has 0 spiro atoms. The summed E-state index contributed by atoms with van der Waals surface area (Å²) in [4.78, 5) is 0. The molecule has 66 valence electrons. The van der Waals surface area contributed by atoms with Crippen LogP contribution in [0.1, 0.15) is 0 Å². The van der Waals surface area contributed by atoms with E-state index >= 15 is 0 Å². The van der Waals surface area contributed by atoms with Crippen molar-refractivity contribution in [3.05, 3.63) is 27.1 Å². The lowest BCUT2D eigenvalue weighted by molar-refractivity contribution is 0.273. The fourth-order valence-corrected chi connectivity index (χ4v) is 2.02. The Morgan fingerprint density at radius 1 is 1.17 bits per heavy atom. The summed E-state index contributed by atoms with van der Waals surface area (Å²) in [6, 6.07) is 5.48. The van der Waals surface area contributed by atoms with Crippen LogP contribution in [0.3, 0.4) is 0 Å². The summed E-state index contributed by atoms with van der Waals surface area (Å²) in [6.07, 6.45) is 0. The Morgan fingerprint density at radius 3 is 2.25 bits per heavy atom. The molecule has 0 N–H and O–H groups in total. The molecule has 0 aromatic heterocycles. The molecule has 0 heterocycles. The first-order valence-corrected chi connectivity index (χ1v) is 4.96. The van der Waals surface area contributed by atoms with Crippen molar-refractivity contribution in [3.8, 4) is 5.75 Å². The van der Waals surface area contributed by atoms with E-state index in [0.29, 0.717) is 5.75 Å². The van der Waals surface area contributed by atoms with E-state index in [2.05, 4.69) is 31.9 Å². The third-order valence-electron chi connectivity index (χ3n) is 1.18. The van der Waals surface area contributed by atoms with Gasteiger partial charge in [0.1, 0.15) is 19.0 Å². The van der Waals surface area contributed by atoms with Crippen LogP contribution in [-0.2, 0) is 0 Å². The van der Waals surface area contributed by atoms with Gasteiger partial charge in [0.25, 0.3) is 0 Å². The zero-order chi connectivity index (χ0) is 8.97. The van der Waals surface area contributed by atoms with E-state index in [1.807, 2.05) is 6.07 Å². The summed E-state index contributed by atoms with van der Waals surface area (Å²) < 4.78 is 18.6. The van der Waals surface area contributed by atoms with Gasteiger partial charge in [-0.05, 0) is 18.2 Å². The van der Waals surface area contributed by atoms with Crippen LogP contribution in [0.2, 0.25) is 0 Å². The highest BCUT2D eigenvalue weighted by atomic mass is 79.9. The van der Waals surface area contributed by atoms with E-state index in [4.69, 9.17) is 4.74 Å². The van der Waals surface area contributed by atoms with Crippen molar-refractivity contribution in [2.45, 2.75) is 0 Å². The standard InChI is InChI=1S/C8H7Br2FO/c9-6-3-7(10)5-8(4-6)12-2-1-11/h3-5H,1-2H2. The Kier molecular flexibility index (Phi) is 4.01. The number of hydrogen-bond acceptors (Lipinski definition) is 1. The average Bonchev–Trinajstić information content (AvgIpc) is 1.99. The van der Waals surface area contributed by atoms with Gasteiger partial charge in [-0.25, -0.2) is 4.39 Å². The van der Waals surface area contributed by atoms with Crippen LogP contribution in [0, 0.1) is 0 Å². The van der Waals surface area contributed by atoms with E-state index in [1.54, 1.807) is 12.1 Å². The van der Waals surface area contributed by atoms with Crippen molar-refractivity contribution in [1.82, 2.24) is 0 Å². The molecule has 0 unspecified atom stereocenters. The third-order valence-corrected chi connectivity index (χ3v) is 2.10. The quantitative estimate of drug-likeness (QED) is 0.829. The zero-order valence-electron chi connectivity index (χ0n) is 6.19. The first-order valence-electron chi connectivity index (χ1n) is 3.37. The van der Waals surface area contributed by atoms with Gasteiger partial charge in [0, 0.05) is 8.95 Å². The molecule has 0 aliphatic heterocycles. The molecule has 0 saturated heterocycles. The van der Waals surface area contributed by atoms with Gasteiger partial charge >= 0.3 is 0 Å². The molecule has 4 heteroatoms. The van der Waals surface area contributed by atoms with Crippen LogP contribution >= 0.6 is 31.9 Å². The topological polar surface area (TPSA) is 9.23 Å². The van der Waals surface area contributed by atoms with Gasteiger partial charge in [-0.1, -0.05) is 31.9 Å². The van der Waals surface area contributed by atoms with Crippen LogP contribution in [-0.4, -0.2) is 13.3 Å². The minimum atomic E-state index is -0.468. The smallest absolute Gasteiger partial charge is 0.123 e. The molecule has 0 saturated carbocycles. The highest BCUT2D eigenvalue weighted by Gasteiger charge is 1.97. The molecule has 0 radical (unpaired) electrons. The van der Waals surface area contributed by atoms with Crippen molar-refractivity contribution in [2.24, 2.45) is 0 Å². The van der Waals surface area contributed by atoms with Crippen molar-refractivity contribution in [3.63, 3.8) is 0 Å². The fourth-order valence-electron chi connectivity index (χ4n) is 0.768. The van der Waals surface area contributed by atoms with Crippen LogP contribution in [0.25, 0.3) is 0 Å². The van der Waals surface area contributed by atoms with Crippen LogP contribution in [0.15, 0.2) is 27.1 Å². The monoisotopic (exact) mass is 296 g/mol. The maximum Gasteiger partial charge on any atom is 0.123 e. The van der Waals surface area contributed by atoms with Crippen molar-refractivity contribution < 1.29 is 9.13 Å². The molecule has 0 amide bonds. The molecular formula is C8H7Br2FO.